The SMILES string of the molecule is CC1CC(C)N(c2nc3c(s2)C(=O)CC(C)(C)C3)C1. The molecule has 1 aliphatic heterocycles. The highest BCUT2D eigenvalue weighted by molar-refractivity contribution is 7.17. The van der Waals surface area contributed by atoms with Gasteiger partial charge in [-0.15, -0.1) is 0 Å². The van der Waals surface area contributed by atoms with E-state index in [1.165, 1.54) is 6.42 Å². The van der Waals surface area contributed by atoms with Crippen LogP contribution in [-0.2, 0) is 6.42 Å². The topological polar surface area (TPSA) is 33.2 Å². The molecule has 0 aromatic carbocycles. The Labute approximate surface area is 119 Å². The number of hydrogen-bond donors (Lipinski definition) is 0. The second kappa shape index (κ2) is 4.30. The van der Waals surface area contributed by atoms with Crippen LogP contribution in [0.2, 0.25) is 0 Å². The fourth-order valence-corrected chi connectivity index (χ4v) is 4.53. The molecule has 3 nitrogen and oxygen atoms in total. The first-order valence-electron chi connectivity index (χ1n) is 7.15. The molecular formula is C15H22N2OS. The Morgan fingerprint density at radius 1 is 1.32 bits per heavy atom. The van der Waals surface area contributed by atoms with E-state index >= 15 is 0 Å². The van der Waals surface area contributed by atoms with Crippen LogP contribution in [0, 0.1) is 11.3 Å². The van der Waals surface area contributed by atoms with Gasteiger partial charge < -0.3 is 4.90 Å². The molecule has 0 saturated carbocycles. The Morgan fingerprint density at radius 2 is 2.05 bits per heavy atom. The Balaban J connectivity index is 1.93. The van der Waals surface area contributed by atoms with Gasteiger partial charge in [0.2, 0.25) is 0 Å². The van der Waals surface area contributed by atoms with E-state index in [9.17, 15) is 4.79 Å². The summed E-state index contributed by atoms with van der Waals surface area (Å²) in [6.45, 7) is 9.94. The number of ketones is 1. The second-order valence-corrected chi connectivity index (χ2v) is 8.03. The van der Waals surface area contributed by atoms with E-state index in [0.29, 0.717) is 12.5 Å². The molecular weight excluding hydrogens is 256 g/mol. The first kappa shape index (κ1) is 13.1. The molecule has 19 heavy (non-hydrogen) atoms. The minimum Gasteiger partial charge on any atom is -0.345 e. The van der Waals surface area contributed by atoms with Crippen LogP contribution in [0.15, 0.2) is 0 Å². The highest BCUT2D eigenvalue weighted by Crippen LogP contribution is 2.41. The summed E-state index contributed by atoms with van der Waals surface area (Å²) in [7, 11) is 0. The monoisotopic (exact) mass is 278 g/mol. The molecule has 1 saturated heterocycles. The number of thiazole rings is 1. The summed E-state index contributed by atoms with van der Waals surface area (Å²) in [5, 5.41) is 1.06. The largest absolute Gasteiger partial charge is 0.345 e. The molecule has 1 aromatic rings. The summed E-state index contributed by atoms with van der Waals surface area (Å²) in [6, 6.07) is 0.547. The zero-order valence-corrected chi connectivity index (χ0v) is 13.0. The highest BCUT2D eigenvalue weighted by Gasteiger charge is 2.36. The summed E-state index contributed by atoms with van der Waals surface area (Å²) in [4.78, 5) is 20.3. The van der Waals surface area contributed by atoms with Gasteiger partial charge in [0.25, 0.3) is 0 Å². The molecule has 0 N–H and O–H groups in total. The van der Waals surface area contributed by atoms with Crippen molar-refractivity contribution in [3.63, 3.8) is 0 Å². The van der Waals surface area contributed by atoms with Crippen LogP contribution in [0.3, 0.4) is 0 Å². The van der Waals surface area contributed by atoms with Gasteiger partial charge in [-0.2, -0.15) is 0 Å². The lowest BCUT2D eigenvalue weighted by Crippen LogP contribution is -2.27. The number of nitrogens with zero attached hydrogens (tertiary/aromatic N) is 2. The maximum Gasteiger partial charge on any atom is 0.186 e. The van der Waals surface area contributed by atoms with Crippen molar-refractivity contribution in [3.8, 4) is 0 Å². The van der Waals surface area contributed by atoms with Gasteiger partial charge >= 0.3 is 0 Å². The maximum absolute atomic E-state index is 12.2. The van der Waals surface area contributed by atoms with E-state index < -0.39 is 0 Å². The van der Waals surface area contributed by atoms with Crippen LogP contribution in [0.4, 0.5) is 5.13 Å². The van der Waals surface area contributed by atoms with Gasteiger partial charge in [0, 0.05) is 19.0 Å². The maximum atomic E-state index is 12.2. The first-order chi connectivity index (χ1) is 8.85. The number of fused-ring (bicyclic) bond motifs is 1. The molecule has 2 atom stereocenters. The lowest BCUT2D eigenvalue weighted by atomic mass is 9.78. The molecule has 0 radical (unpaired) electrons. The Bertz CT molecular complexity index is 520. The Kier molecular flexibility index (Phi) is 2.97. The average Bonchev–Trinajstić information content (AvgIpc) is 2.80. The van der Waals surface area contributed by atoms with Crippen molar-refractivity contribution in [2.24, 2.45) is 11.3 Å². The van der Waals surface area contributed by atoms with E-state index in [4.69, 9.17) is 4.98 Å². The van der Waals surface area contributed by atoms with Gasteiger partial charge in [0.15, 0.2) is 10.9 Å². The van der Waals surface area contributed by atoms with Crippen molar-refractivity contribution in [2.45, 2.75) is 53.0 Å². The van der Waals surface area contributed by atoms with Gasteiger partial charge in [-0.05, 0) is 31.1 Å². The average molecular weight is 278 g/mol. The van der Waals surface area contributed by atoms with E-state index in [2.05, 4.69) is 32.6 Å². The third kappa shape index (κ3) is 2.31. The van der Waals surface area contributed by atoms with Gasteiger partial charge in [0.1, 0.15) is 0 Å². The van der Waals surface area contributed by atoms with E-state index in [1.54, 1.807) is 11.3 Å². The van der Waals surface area contributed by atoms with Gasteiger partial charge in [-0.25, -0.2) is 4.98 Å². The Hall–Kier alpha value is -0.900. The molecule has 2 heterocycles. The zero-order chi connectivity index (χ0) is 13.8. The fourth-order valence-electron chi connectivity index (χ4n) is 3.40. The molecule has 0 amide bonds. The molecule has 2 aliphatic rings. The first-order valence-corrected chi connectivity index (χ1v) is 7.97. The minimum absolute atomic E-state index is 0.0688. The molecule has 1 aromatic heterocycles. The van der Waals surface area contributed by atoms with Crippen molar-refractivity contribution < 1.29 is 4.79 Å². The standard InChI is InChI=1S/C15H22N2OS/c1-9-5-10(2)17(8-9)14-16-11-6-15(3,4)7-12(18)13(11)19-14/h9-10H,5-8H2,1-4H3. The minimum atomic E-state index is 0.0688. The van der Waals surface area contributed by atoms with E-state index in [0.717, 1.165) is 34.6 Å². The summed E-state index contributed by atoms with van der Waals surface area (Å²) in [6.07, 6.45) is 2.82. The highest BCUT2D eigenvalue weighted by atomic mass is 32.1. The lowest BCUT2D eigenvalue weighted by molar-refractivity contribution is 0.0916. The van der Waals surface area contributed by atoms with Gasteiger partial charge in [-0.1, -0.05) is 32.1 Å². The summed E-state index contributed by atoms with van der Waals surface area (Å²) in [5.41, 5.74) is 1.10. The number of anilines is 1. The lowest BCUT2D eigenvalue weighted by Gasteiger charge is -2.26. The van der Waals surface area contributed by atoms with E-state index in [-0.39, 0.29) is 11.2 Å². The molecule has 0 spiro atoms. The predicted molar refractivity (Wildman–Crippen MR) is 79.1 cm³/mol. The van der Waals surface area contributed by atoms with Crippen molar-refractivity contribution in [2.75, 3.05) is 11.4 Å². The quantitative estimate of drug-likeness (QED) is 0.788. The predicted octanol–water partition coefficient (Wildman–Crippen LogP) is 3.53. The molecule has 1 fully saturated rings. The van der Waals surface area contributed by atoms with Crippen molar-refractivity contribution in [1.82, 2.24) is 4.98 Å². The van der Waals surface area contributed by atoms with Crippen LogP contribution < -0.4 is 4.90 Å². The molecule has 104 valence electrons. The normalized spacial score (nSPS) is 29.7. The van der Waals surface area contributed by atoms with Gasteiger partial charge in [-0.3, -0.25) is 4.79 Å². The summed E-state index contributed by atoms with van der Waals surface area (Å²) in [5.74, 6) is 1.01. The number of aromatic nitrogens is 1. The summed E-state index contributed by atoms with van der Waals surface area (Å²) >= 11 is 1.61. The van der Waals surface area contributed by atoms with Crippen molar-refractivity contribution in [1.29, 1.82) is 0 Å². The van der Waals surface area contributed by atoms with Crippen LogP contribution in [0.25, 0.3) is 0 Å². The van der Waals surface area contributed by atoms with E-state index in [1.807, 2.05) is 0 Å². The van der Waals surface area contributed by atoms with Gasteiger partial charge in [0.05, 0.1) is 10.6 Å². The van der Waals surface area contributed by atoms with Crippen molar-refractivity contribution >= 4 is 22.3 Å². The van der Waals surface area contributed by atoms with Crippen LogP contribution in [0.5, 0.6) is 0 Å². The number of carbonyl (C=O) groups is 1. The van der Waals surface area contributed by atoms with Crippen LogP contribution in [0.1, 0.15) is 55.9 Å². The number of hydrogen-bond acceptors (Lipinski definition) is 4. The number of rotatable bonds is 1. The molecule has 2 unspecified atom stereocenters. The smallest absolute Gasteiger partial charge is 0.186 e. The van der Waals surface area contributed by atoms with Crippen LogP contribution in [-0.4, -0.2) is 23.4 Å². The zero-order valence-electron chi connectivity index (χ0n) is 12.2. The fraction of sp³-hybridized carbons (Fsp3) is 0.733. The number of carbonyl (C=O) groups excluding carboxylic acids is 1. The Morgan fingerprint density at radius 3 is 2.68 bits per heavy atom. The third-order valence-electron chi connectivity index (χ3n) is 4.25. The molecule has 1 aliphatic carbocycles. The molecule has 4 heteroatoms. The molecule has 0 bridgehead atoms. The van der Waals surface area contributed by atoms with Crippen molar-refractivity contribution in [3.05, 3.63) is 10.6 Å². The third-order valence-corrected chi connectivity index (χ3v) is 5.43. The summed E-state index contributed by atoms with van der Waals surface area (Å²) < 4.78 is 0. The second-order valence-electron chi connectivity index (χ2n) is 7.06. The number of Topliss-reactive ketones (excluding diaryl/α,β-unsaturated/α-hetero) is 1. The molecule has 3 rings (SSSR count). The van der Waals surface area contributed by atoms with Crippen LogP contribution >= 0.6 is 11.3 Å².